The number of aryl methyl sites for hydroxylation is 1. The van der Waals surface area contributed by atoms with Gasteiger partial charge in [0.1, 0.15) is 12.2 Å². The number of rotatable bonds is 5. The zero-order chi connectivity index (χ0) is 15.5. The Labute approximate surface area is 134 Å². The number of amides is 1. The molecule has 0 saturated heterocycles. The van der Waals surface area contributed by atoms with Crippen molar-refractivity contribution >= 4 is 17.2 Å². The van der Waals surface area contributed by atoms with Gasteiger partial charge in [0.15, 0.2) is 0 Å². The number of nitrogens with zero attached hydrogens (tertiary/aromatic N) is 3. The summed E-state index contributed by atoms with van der Waals surface area (Å²) in [5.41, 5.74) is 2.16. The van der Waals surface area contributed by atoms with Crippen molar-refractivity contribution in [2.24, 2.45) is 0 Å². The fourth-order valence-corrected chi connectivity index (χ4v) is 4.08. The Morgan fingerprint density at radius 2 is 2.23 bits per heavy atom. The summed E-state index contributed by atoms with van der Waals surface area (Å²) < 4.78 is 2.01. The Morgan fingerprint density at radius 3 is 3.05 bits per heavy atom. The molecule has 118 valence electrons. The molecule has 6 heteroatoms. The second-order valence-electron chi connectivity index (χ2n) is 6.05. The third kappa shape index (κ3) is 3.06. The van der Waals surface area contributed by atoms with Gasteiger partial charge in [0.2, 0.25) is 0 Å². The van der Waals surface area contributed by atoms with Gasteiger partial charge in [0.05, 0.1) is 5.56 Å². The highest BCUT2D eigenvalue weighted by atomic mass is 32.1. The Morgan fingerprint density at radius 1 is 1.41 bits per heavy atom. The van der Waals surface area contributed by atoms with Gasteiger partial charge in [0, 0.05) is 29.3 Å². The summed E-state index contributed by atoms with van der Waals surface area (Å²) in [7, 11) is 0. The van der Waals surface area contributed by atoms with Crippen molar-refractivity contribution < 1.29 is 4.79 Å². The van der Waals surface area contributed by atoms with Crippen LogP contribution in [0.15, 0.2) is 11.7 Å². The quantitative estimate of drug-likeness (QED) is 0.922. The van der Waals surface area contributed by atoms with Crippen molar-refractivity contribution in [2.45, 2.75) is 52.0 Å². The van der Waals surface area contributed by atoms with Gasteiger partial charge in [-0.1, -0.05) is 13.8 Å². The smallest absolute Gasteiger partial charge is 0.252 e. The maximum absolute atomic E-state index is 12.4. The standard InChI is InChI=1S/C16H22N4OS/c1-11(2)15-19-18-10-20(15)8-7-17-16(21)13-9-22-14-6-4-3-5-12(13)14/h9-11H,3-8H2,1-2H3,(H,17,21). The molecule has 0 bridgehead atoms. The van der Waals surface area contributed by atoms with Crippen molar-refractivity contribution in [1.29, 1.82) is 0 Å². The zero-order valence-electron chi connectivity index (χ0n) is 13.1. The molecule has 0 spiro atoms. The Kier molecular flexibility index (Phi) is 4.57. The summed E-state index contributed by atoms with van der Waals surface area (Å²) in [5.74, 6) is 1.35. The highest BCUT2D eigenvalue weighted by Crippen LogP contribution is 2.30. The zero-order valence-corrected chi connectivity index (χ0v) is 13.9. The minimum Gasteiger partial charge on any atom is -0.350 e. The SMILES string of the molecule is CC(C)c1nncn1CCNC(=O)c1csc2c1CCCC2. The fourth-order valence-electron chi connectivity index (χ4n) is 2.95. The van der Waals surface area contributed by atoms with Gasteiger partial charge in [0.25, 0.3) is 5.91 Å². The van der Waals surface area contributed by atoms with Crippen molar-refractivity contribution in [3.05, 3.63) is 33.5 Å². The molecule has 1 N–H and O–H groups in total. The first-order chi connectivity index (χ1) is 10.7. The van der Waals surface area contributed by atoms with Crippen LogP contribution in [-0.2, 0) is 19.4 Å². The van der Waals surface area contributed by atoms with E-state index in [-0.39, 0.29) is 5.91 Å². The highest BCUT2D eigenvalue weighted by molar-refractivity contribution is 7.10. The second-order valence-corrected chi connectivity index (χ2v) is 7.02. The van der Waals surface area contributed by atoms with E-state index in [2.05, 4.69) is 29.4 Å². The maximum Gasteiger partial charge on any atom is 0.252 e. The molecule has 0 saturated carbocycles. The van der Waals surface area contributed by atoms with Crippen LogP contribution in [0.5, 0.6) is 0 Å². The van der Waals surface area contributed by atoms with Gasteiger partial charge in [-0.15, -0.1) is 21.5 Å². The van der Waals surface area contributed by atoms with Gasteiger partial charge in [-0.25, -0.2) is 0 Å². The van der Waals surface area contributed by atoms with Crippen molar-refractivity contribution in [3.63, 3.8) is 0 Å². The van der Waals surface area contributed by atoms with Crippen molar-refractivity contribution in [2.75, 3.05) is 6.54 Å². The Bertz CT molecular complexity index is 659. The number of carbonyl (C=O) groups is 1. The number of nitrogens with one attached hydrogen (secondary N) is 1. The summed E-state index contributed by atoms with van der Waals surface area (Å²) >= 11 is 1.73. The van der Waals surface area contributed by atoms with E-state index in [1.807, 2.05) is 9.95 Å². The minimum atomic E-state index is 0.0542. The molecule has 3 rings (SSSR count). The third-order valence-electron chi connectivity index (χ3n) is 4.11. The summed E-state index contributed by atoms with van der Waals surface area (Å²) in [5, 5.41) is 13.1. The monoisotopic (exact) mass is 318 g/mol. The number of carbonyl (C=O) groups excluding carboxylic acids is 1. The first-order valence-corrected chi connectivity index (χ1v) is 8.80. The van der Waals surface area contributed by atoms with E-state index in [0.717, 1.165) is 24.2 Å². The van der Waals surface area contributed by atoms with E-state index in [0.29, 0.717) is 19.0 Å². The molecule has 0 fully saturated rings. The summed E-state index contributed by atoms with van der Waals surface area (Å²) in [6, 6.07) is 0. The number of hydrogen-bond donors (Lipinski definition) is 1. The Hall–Kier alpha value is -1.69. The molecule has 0 atom stereocenters. The van der Waals surface area contributed by atoms with Gasteiger partial charge >= 0.3 is 0 Å². The van der Waals surface area contributed by atoms with Crippen LogP contribution in [0.2, 0.25) is 0 Å². The lowest BCUT2D eigenvalue weighted by atomic mass is 9.96. The first-order valence-electron chi connectivity index (χ1n) is 7.92. The fraction of sp³-hybridized carbons (Fsp3) is 0.562. The third-order valence-corrected chi connectivity index (χ3v) is 5.19. The van der Waals surface area contributed by atoms with Gasteiger partial charge < -0.3 is 9.88 Å². The van der Waals surface area contributed by atoms with Gasteiger partial charge in [-0.2, -0.15) is 0 Å². The molecule has 0 unspecified atom stereocenters. The predicted octanol–water partition coefficient (Wildman–Crippen LogP) is 2.77. The van der Waals surface area contributed by atoms with Crippen LogP contribution in [0.4, 0.5) is 0 Å². The predicted molar refractivity (Wildman–Crippen MR) is 87.4 cm³/mol. The summed E-state index contributed by atoms with van der Waals surface area (Å²) in [4.78, 5) is 13.8. The number of hydrogen-bond acceptors (Lipinski definition) is 4. The summed E-state index contributed by atoms with van der Waals surface area (Å²) in [6.07, 6.45) is 6.35. The molecule has 1 aliphatic carbocycles. The van der Waals surface area contributed by atoms with Crippen LogP contribution in [0, 0.1) is 0 Å². The molecular weight excluding hydrogens is 296 g/mol. The van der Waals surface area contributed by atoms with E-state index in [9.17, 15) is 4.79 Å². The van der Waals surface area contributed by atoms with E-state index >= 15 is 0 Å². The number of aromatic nitrogens is 3. The van der Waals surface area contributed by atoms with Crippen LogP contribution in [0.3, 0.4) is 0 Å². The molecule has 1 aliphatic rings. The van der Waals surface area contributed by atoms with Crippen LogP contribution < -0.4 is 5.32 Å². The van der Waals surface area contributed by atoms with Gasteiger partial charge in [-0.05, 0) is 31.2 Å². The maximum atomic E-state index is 12.4. The molecule has 2 heterocycles. The lowest BCUT2D eigenvalue weighted by Gasteiger charge is -2.13. The molecule has 0 radical (unpaired) electrons. The van der Waals surface area contributed by atoms with E-state index in [4.69, 9.17) is 0 Å². The van der Waals surface area contributed by atoms with Crippen molar-refractivity contribution in [1.82, 2.24) is 20.1 Å². The average Bonchev–Trinajstić information content (AvgIpc) is 3.13. The molecule has 22 heavy (non-hydrogen) atoms. The number of fused-ring (bicyclic) bond motifs is 1. The van der Waals surface area contributed by atoms with Crippen LogP contribution >= 0.6 is 11.3 Å². The van der Waals surface area contributed by atoms with E-state index in [1.165, 1.54) is 23.3 Å². The van der Waals surface area contributed by atoms with Crippen molar-refractivity contribution in [3.8, 4) is 0 Å². The highest BCUT2D eigenvalue weighted by Gasteiger charge is 2.19. The topological polar surface area (TPSA) is 59.8 Å². The molecule has 1 amide bonds. The van der Waals surface area contributed by atoms with Crippen LogP contribution in [-0.4, -0.2) is 27.2 Å². The first kappa shape index (κ1) is 15.2. The molecule has 0 aliphatic heterocycles. The molecule has 2 aromatic rings. The van der Waals surface area contributed by atoms with Gasteiger partial charge in [-0.3, -0.25) is 4.79 Å². The number of thiophene rings is 1. The van der Waals surface area contributed by atoms with Crippen LogP contribution in [0.25, 0.3) is 0 Å². The lowest BCUT2D eigenvalue weighted by molar-refractivity contribution is 0.0951. The molecular formula is C16H22N4OS. The minimum absolute atomic E-state index is 0.0542. The molecule has 2 aromatic heterocycles. The second kappa shape index (κ2) is 6.60. The molecule has 5 nitrogen and oxygen atoms in total. The van der Waals surface area contributed by atoms with E-state index < -0.39 is 0 Å². The summed E-state index contributed by atoms with van der Waals surface area (Å²) in [6.45, 7) is 5.49. The Balaban J connectivity index is 1.59. The average molecular weight is 318 g/mol. The largest absolute Gasteiger partial charge is 0.350 e. The lowest BCUT2D eigenvalue weighted by Crippen LogP contribution is -2.28. The molecule has 0 aromatic carbocycles. The van der Waals surface area contributed by atoms with E-state index in [1.54, 1.807) is 17.7 Å². The van der Waals surface area contributed by atoms with Crippen LogP contribution in [0.1, 0.15) is 59.2 Å². The normalized spacial score (nSPS) is 14.1.